The van der Waals surface area contributed by atoms with Crippen LogP contribution in [0.4, 0.5) is 0 Å². The first-order chi connectivity index (χ1) is 9.41. The van der Waals surface area contributed by atoms with Gasteiger partial charge in [0.1, 0.15) is 11.5 Å². The van der Waals surface area contributed by atoms with Gasteiger partial charge < -0.3 is 15.5 Å². The number of hydrogen-bond donors (Lipinski definition) is 3. The van der Waals surface area contributed by atoms with Gasteiger partial charge in [0.05, 0.1) is 0 Å². The minimum Gasteiger partial charge on any atom is -0.508 e. The molecule has 20 heavy (non-hydrogen) atoms. The molecule has 110 valence electrons. The predicted octanol–water partition coefficient (Wildman–Crippen LogP) is 2.09. The van der Waals surface area contributed by atoms with E-state index in [4.69, 9.17) is 0 Å². The largest absolute Gasteiger partial charge is 0.508 e. The van der Waals surface area contributed by atoms with E-state index in [1.54, 1.807) is 12.1 Å². The number of phenolic OH excluding ortho intramolecular Hbond substituents is 2. The Bertz CT molecular complexity index is 515. The fraction of sp³-hybridized carbons (Fsp3) is 0.625. The summed E-state index contributed by atoms with van der Waals surface area (Å²) in [5.74, 6) is 1.82. The van der Waals surface area contributed by atoms with Gasteiger partial charge in [-0.05, 0) is 57.4 Å². The van der Waals surface area contributed by atoms with E-state index in [0.29, 0.717) is 11.8 Å². The highest BCUT2D eigenvalue weighted by atomic mass is 16.3. The molecule has 2 saturated heterocycles. The van der Waals surface area contributed by atoms with E-state index in [0.717, 1.165) is 25.2 Å². The summed E-state index contributed by atoms with van der Waals surface area (Å²) in [4.78, 5) is 2.47. The molecule has 3 unspecified atom stereocenters. The minimum absolute atomic E-state index is 0.0997. The highest BCUT2D eigenvalue weighted by Crippen LogP contribution is 2.46. The number of phenols is 2. The number of fused-ring (bicyclic) bond motifs is 1. The zero-order valence-electron chi connectivity index (χ0n) is 12.4. The monoisotopic (exact) mass is 276 g/mol. The second-order valence-electron chi connectivity index (χ2n) is 6.75. The summed E-state index contributed by atoms with van der Waals surface area (Å²) in [7, 11) is 0. The molecule has 0 aliphatic carbocycles. The van der Waals surface area contributed by atoms with Crippen LogP contribution in [0.15, 0.2) is 18.2 Å². The van der Waals surface area contributed by atoms with Gasteiger partial charge in [-0.3, -0.25) is 4.90 Å². The van der Waals surface area contributed by atoms with E-state index in [2.05, 4.69) is 31.0 Å². The number of nitrogens with zero attached hydrogens (tertiary/aromatic N) is 1. The zero-order valence-corrected chi connectivity index (χ0v) is 12.4. The summed E-state index contributed by atoms with van der Waals surface area (Å²) in [6, 6.07) is 4.89. The molecule has 4 nitrogen and oxygen atoms in total. The lowest BCUT2D eigenvalue weighted by molar-refractivity contribution is 0.0957. The van der Waals surface area contributed by atoms with Gasteiger partial charge in [0.2, 0.25) is 0 Å². The summed E-state index contributed by atoms with van der Waals surface area (Å²) in [5.41, 5.74) is 0.914. The van der Waals surface area contributed by atoms with Crippen molar-refractivity contribution in [3.63, 3.8) is 0 Å². The van der Waals surface area contributed by atoms with Crippen LogP contribution >= 0.6 is 0 Å². The Hall–Kier alpha value is -1.26. The van der Waals surface area contributed by atoms with Crippen molar-refractivity contribution in [3.05, 3.63) is 23.8 Å². The van der Waals surface area contributed by atoms with Crippen molar-refractivity contribution in [3.8, 4) is 11.5 Å². The van der Waals surface area contributed by atoms with E-state index < -0.39 is 0 Å². The van der Waals surface area contributed by atoms with Crippen molar-refractivity contribution in [1.82, 2.24) is 10.2 Å². The van der Waals surface area contributed by atoms with Crippen LogP contribution in [0.25, 0.3) is 0 Å². The van der Waals surface area contributed by atoms with Crippen LogP contribution in [-0.2, 0) is 0 Å². The molecular weight excluding hydrogens is 252 g/mol. The Morgan fingerprint density at radius 3 is 2.75 bits per heavy atom. The Kier molecular flexibility index (Phi) is 3.18. The van der Waals surface area contributed by atoms with E-state index >= 15 is 0 Å². The van der Waals surface area contributed by atoms with Gasteiger partial charge in [0.15, 0.2) is 0 Å². The summed E-state index contributed by atoms with van der Waals surface area (Å²) < 4.78 is 0. The van der Waals surface area contributed by atoms with E-state index in [1.807, 2.05) is 0 Å². The molecule has 4 heteroatoms. The van der Waals surface area contributed by atoms with Gasteiger partial charge in [-0.15, -0.1) is 0 Å². The molecule has 1 aromatic carbocycles. The second-order valence-corrected chi connectivity index (χ2v) is 6.75. The van der Waals surface area contributed by atoms with Gasteiger partial charge >= 0.3 is 0 Å². The highest BCUT2D eigenvalue weighted by molar-refractivity contribution is 5.40. The fourth-order valence-corrected chi connectivity index (χ4v) is 4.15. The number of rotatable bonds is 2. The van der Waals surface area contributed by atoms with Crippen LogP contribution in [0, 0.1) is 11.8 Å². The van der Waals surface area contributed by atoms with E-state index in [1.165, 1.54) is 6.07 Å². The third-order valence-electron chi connectivity index (χ3n) is 5.35. The van der Waals surface area contributed by atoms with Crippen molar-refractivity contribution in [2.24, 2.45) is 11.8 Å². The number of aromatic hydroxyl groups is 2. The Labute approximate surface area is 120 Å². The molecule has 0 spiro atoms. The molecule has 3 atom stereocenters. The van der Waals surface area contributed by atoms with Crippen molar-refractivity contribution in [1.29, 1.82) is 0 Å². The molecule has 0 saturated carbocycles. The molecule has 3 N–H and O–H groups in total. The summed E-state index contributed by atoms with van der Waals surface area (Å²) in [6.45, 7) is 9.91. The molecular formula is C16H24N2O2. The average Bonchev–Trinajstić information content (AvgIpc) is 2.94. The van der Waals surface area contributed by atoms with Crippen LogP contribution in [0.2, 0.25) is 0 Å². The van der Waals surface area contributed by atoms with Gasteiger partial charge in [-0.25, -0.2) is 0 Å². The first kappa shape index (κ1) is 13.7. The van der Waals surface area contributed by atoms with E-state index in [9.17, 15) is 10.2 Å². The summed E-state index contributed by atoms with van der Waals surface area (Å²) in [5, 5.41) is 23.3. The van der Waals surface area contributed by atoms with Gasteiger partial charge in [-0.2, -0.15) is 0 Å². The predicted molar refractivity (Wildman–Crippen MR) is 78.8 cm³/mol. The van der Waals surface area contributed by atoms with Gasteiger partial charge in [0.25, 0.3) is 0 Å². The second kappa shape index (κ2) is 4.64. The van der Waals surface area contributed by atoms with Crippen molar-refractivity contribution >= 4 is 0 Å². The van der Waals surface area contributed by atoms with Crippen LogP contribution < -0.4 is 5.32 Å². The maximum absolute atomic E-state index is 10.1. The topological polar surface area (TPSA) is 55.7 Å². The molecule has 2 aliphatic rings. The van der Waals surface area contributed by atoms with Crippen LogP contribution in [0.5, 0.6) is 11.5 Å². The number of nitrogens with one attached hydrogen (secondary N) is 1. The maximum Gasteiger partial charge on any atom is 0.120 e. The SMILES string of the molecule is CC(c1cc(O)ccc1O)N1CC2CNCC2C1(C)C. The Morgan fingerprint density at radius 1 is 1.30 bits per heavy atom. The molecule has 2 heterocycles. The first-order valence-corrected chi connectivity index (χ1v) is 7.40. The third kappa shape index (κ3) is 1.98. The number of benzene rings is 1. The summed E-state index contributed by atoms with van der Waals surface area (Å²) >= 11 is 0. The lowest BCUT2D eigenvalue weighted by atomic mass is 9.84. The molecule has 1 aromatic rings. The fourth-order valence-electron chi connectivity index (χ4n) is 4.15. The highest BCUT2D eigenvalue weighted by Gasteiger charge is 2.51. The first-order valence-electron chi connectivity index (χ1n) is 7.40. The molecule has 2 aliphatic heterocycles. The molecule has 0 amide bonds. The quantitative estimate of drug-likeness (QED) is 0.724. The Balaban J connectivity index is 1.91. The molecule has 2 fully saturated rings. The average molecular weight is 276 g/mol. The molecule has 3 rings (SSSR count). The maximum atomic E-state index is 10.1. The minimum atomic E-state index is 0.0997. The van der Waals surface area contributed by atoms with Crippen molar-refractivity contribution < 1.29 is 10.2 Å². The van der Waals surface area contributed by atoms with Gasteiger partial charge in [0, 0.05) is 30.2 Å². The molecule has 0 bridgehead atoms. The number of hydrogen-bond acceptors (Lipinski definition) is 4. The standard InChI is InChI=1S/C16H24N2O2/c1-10(13-6-12(19)4-5-15(13)20)18-9-11-7-17-8-14(11)16(18,2)3/h4-6,10-11,14,17,19-20H,7-9H2,1-3H3. The summed E-state index contributed by atoms with van der Waals surface area (Å²) in [6.07, 6.45) is 0. The van der Waals surface area contributed by atoms with Crippen molar-refractivity contribution in [2.45, 2.75) is 32.4 Å². The normalized spacial score (nSPS) is 30.4. The third-order valence-corrected chi connectivity index (χ3v) is 5.35. The lowest BCUT2D eigenvalue weighted by Gasteiger charge is -2.40. The van der Waals surface area contributed by atoms with Crippen LogP contribution in [0.3, 0.4) is 0 Å². The van der Waals surface area contributed by atoms with Crippen LogP contribution in [0.1, 0.15) is 32.4 Å². The Morgan fingerprint density at radius 2 is 2.05 bits per heavy atom. The number of likely N-dealkylation sites (tertiary alicyclic amines) is 1. The lowest BCUT2D eigenvalue weighted by Crippen LogP contribution is -2.45. The molecule has 0 aromatic heterocycles. The zero-order chi connectivity index (χ0) is 14.5. The smallest absolute Gasteiger partial charge is 0.120 e. The van der Waals surface area contributed by atoms with Crippen molar-refractivity contribution in [2.75, 3.05) is 19.6 Å². The molecule has 0 radical (unpaired) electrons. The van der Waals surface area contributed by atoms with E-state index in [-0.39, 0.29) is 23.1 Å². The van der Waals surface area contributed by atoms with Gasteiger partial charge in [-0.1, -0.05) is 0 Å². The van der Waals surface area contributed by atoms with Crippen LogP contribution in [-0.4, -0.2) is 40.3 Å².